The maximum Gasteiger partial charge on any atom is 0.219 e. The third-order valence-electron chi connectivity index (χ3n) is 3.91. The van der Waals surface area contributed by atoms with Gasteiger partial charge < -0.3 is 15.3 Å². The molecule has 0 atom stereocenters. The van der Waals surface area contributed by atoms with E-state index in [1.165, 1.54) is 44.9 Å². The first kappa shape index (κ1) is 29.7. The molecule has 28 heavy (non-hydrogen) atoms. The molecule has 0 aliphatic heterocycles. The number of hydrogen-bond acceptors (Lipinski definition) is 7. The first-order chi connectivity index (χ1) is 13.2. The van der Waals surface area contributed by atoms with Crippen molar-refractivity contribution in [3.05, 3.63) is 0 Å². The molecular formula is C19H41ClN2O6. The highest BCUT2D eigenvalue weighted by molar-refractivity contribution is 5.75. The molecule has 0 aliphatic rings. The van der Waals surface area contributed by atoms with E-state index >= 15 is 0 Å². The maximum absolute atomic E-state index is 11.5. The van der Waals surface area contributed by atoms with Crippen LogP contribution in [0.5, 0.6) is 0 Å². The van der Waals surface area contributed by atoms with Crippen molar-refractivity contribution in [2.75, 3.05) is 40.4 Å². The molecule has 0 saturated carbocycles. The molecular weight excluding hydrogens is 388 g/mol. The molecule has 0 fully saturated rings. The van der Waals surface area contributed by atoms with Crippen LogP contribution < -0.4 is 19.3 Å². The number of aliphatic hydroxyl groups is 1. The molecule has 0 saturated heterocycles. The fourth-order valence-corrected chi connectivity index (χ4v) is 2.63. The van der Waals surface area contributed by atoms with Crippen LogP contribution in [0.25, 0.3) is 0 Å². The number of rotatable bonds is 17. The normalized spacial score (nSPS) is 11.3. The second kappa shape index (κ2) is 21.2. The Morgan fingerprint density at radius 2 is 1.50 bits per heavy atom. The van der Waals surface area contributed by atoms with E-state index in [0.717, 1.165) is 19.4 Å². The Morgan fingerprint density at radius 1 is 0.964 bits per heavy atom. The van der Waals surface area contributed by atoms with Gasteiger partial charge in [0.25, 0.3) is 0 Å². The second-order valence-electron chi connectivity index (χ2n) is 7.00. The van der Waals surface area contributed by atoms with E-state index in [4.69, 9.17) is 5.11 Å². The number of carbonyl (C=O) groups is 1. The quantitative estimate of drug-likeness (QED) is 0.308. The molecule has 1 amide bonds. The van der Waals surface area contributed by atoms with E-state index in [0.29, 0.717) is 19.4 Å². The Bertz CT molecular complexity index is 341. The molecule has 0 aromatic carbocycles. The summed E-state index contributed by atoms with van der Waals surface area (Å²) in [5, 5.41) is 10.9. The van der Waals surface area contributed by atoms with Crippen molar-refractivity contribution in [2.24, 2.45) is 0 Å². The highest BCUT2D eigenvalue weighted by Gasteiger charge is 2.15. The molecule has 2 N–H and O–H groups in total. The van der Waals surface area contributed by atoms with Crippen LogP contribution in [0.4, 0.5) is 0 Å². The highest BCUT2D eigenvalue weighted by atomic mass is 35.7. The molecule has 0 bridgehead atoms. The van der Waals surface area contributed by atoms with Gasteiger partial charge in [-0.15, -0.1) is 0 Å². The molecule has 0 aromatic rings. The first-order valence-corrected chi connectivity index (χ1v) is 11.5. The zero-order chi connectivity index (χ0) is 21.7. The van der Waals surface area contributed by atoms with Gasteiger partial charge >= 0.3 is 0 Å². The average Bonchev–Trinajstić information content (AvgIpc) is 2.59. The number of nitrogens with one attached hydrogen (secondary N) is 1. The van der Waals surface area contributed by atoms with Crippen LogP contribution in [0, 0.1) is 10.2 Å². The molecule has 0 aliphatic carbocycles. The summed E-state index contributed by atoms with van der Waals surface area (Å²) in [5.41, 5.74) is 0. The van der Waals surface area contributed by atoms with Crippen molar-refractivity contribution >= 4 is 5.91 Å². The highest BCUT2D eigenvalue weighted by Crippen LogP contribution is 2.10. The van der Waals surface area contributed by atoms with Gasteiger partial charge in [0.2, 0.25) is 12.5 Å². The van der Waals surface area contributed by atoms with Gasteiger partial charge in [0, 0.05) is 25.9 Å². The lowest BCUT2D eigenvalue weighted by molar-refractivity contribution is -1.92. The number of likely N-dealkylation sites (N-methyl/N-ethyl adjacent to an activating group) is 1. The van der Waals surface area contributed by atoms with E-state index in [9.17, 15) is 18.8 Å². The van der Waals surface area contributed by atoms with Gasteiger partial charge in [0.05, 0.1) is 21.1 Å². The third-order valence-corrected chi connectivity index (χ3v) is 4.33. The van der Waals surface area contributed by atoms with Crippen LogP contribution in [0.2, 0.25) is 0 Å². The second-order valence-corrected chi connectivity index (χ2v) is 7.97. The summed E-state index contributed by atoms with van der Waals surface area (Å²) in [6.07, 6.45) is 11.7. The molecule has 0 aromatic heterocycles. The number of amides is 1. The maximum atomic E-state index is 11.5. The number of aliphatic hydroxyl groups excluding tert-OH is 1. The summed E-state index contributed by atoms with van der Waals surface area (Å²) in [6.45, 7) is 3.35. The molecule has 0 rings (SSSR count). The topological polar surface area (TPSA) is 131 Å². The lowest BCUT2D eigenvalue weighted by Crippen LogP contribution is -2.61. The van der Waals surface area contributed by atoms with Gasteiger partial charge in [-0.1, -0.05) is 58.3 Å². The lowest BCUT2D eigenvalue weighted by Gasteiger charge is -2.12. The van der Waals surface area contributed by atoms with Crippen LogP contribution in [0.15, 0.2) is 0 Å². The molecule has 0 radical (unpaired) electrons. The summed E-state index contributed by atoms with van der Waals surface area (Å²) < 4.78 is 34.4. The van der Waals surface area contributed by atoms with Crippen LogP contribution in [0.3, 0.4) is 0 Å². The number of halogens is 1. The molecule has 9 heteroatoms. The summed E-state index contributed by atoms with van der Waals surface area (Å²) in [4.78, 5) is 13.4. The third kappa shape index (κ3) is 30.3. The van der Waals surface area contributed by atoms with Crippen molar-refractivity contribution in [3.8, 4) is 0 Å². The van der Waals surface area contributed by atoms with Gasteiger partial charge in [-0.05, 0) is 20.5 Å². The number of nitrogens with zero attached hydrogens (tertiary/aromatic N) is 1. The summed E-state index contributed by atoms with van der Waals surface area (Å²) in [7, 11) is -0.503. The fourth-order valence-electron chi connectivity index (χ4n) is 2.33. The molecule has 8 nitrogen and oxygen atoms in total. The van der Waals surface area contributed by atoms with Gasteiger partial charge in [-0.25, -0.2) is 0 Å². The molecule has 0 unspecified atom stereocenters. The molecule has 0 spiro atoms. The lowest BCUT2D eigenvalue weighted by atomic mass is 10.1. The Kier molecular flexibility index (Phi) is 22.5. The monoisotopic (exact) mass is 428 g/mol. The SMILES string of the molecule is CCCCCCCCCCCC(=O)NCCCO[Cl+3]([O-])([O-])[O-].CN(C)CCO. The molecule has 0 heterocycles. The van der Waals surface area contributed by atoms with Gasteiger partial charge in [-0.3, -0.25) is 4.79 Å². The average molecular weight is 429 g/mol. The summed E-state index contributed by atoms with van der Waals surface area (Å²) >= 11 is 0. The van der Waals surface area contributed by atoms with Crippen molar-refractivity contribution in [2.45, 2.75) is 77.6 Å². The number of carbonyl (C=O) groups excluding carboxylic acids is 1. The summed E-state index contributed by atoms with van der Waals surface area (Å²) in [6, 6.07) is 0. The summed E-state index contributed by atoms with van der Waals surface area (Å²) in [5.74, 6) is -0.0366. The van der Waals surface area contributed by atoms with Crippen LogP contribution in [-0.4, -0.2) is 56.3 Å². The predicted molar refractivity (Wildman–Crippen MR) is 101 cm³/mol. The van der Waals surface area contributed by atoms with Crippen molar-refractivity contribution < 1.29 is 38.4 Å². The predicted octanol–water partition coefficient (Wildman–Crippen LogP) is -0.132. The standard InChI is InChI=1S/C15H30ClNO5.C4H11NO/c1-2-3-4-5-6-7-8-9-10-12-15(18)17-13-11-14-22-16(19,20)21;1-5(2)3-4-6/h2-14H2,1H3,(H,17,18);6H,3-4H2,1-2H3. The van der Waals surface area contributed by atoms with E-state index in [1.54, 1.807) is 0 Å². The Balaban J connectivity index is 0. The Hall–Kier alpha value is -0.480. The van der Waals surface area contributed by atoms with Crippen LogP contribution in [-0.2, 0) is 9.08 Å². The minimum absolute atomic E-state index is 0.0366. The van der Waals surface area contributed by atoms with Crippen LogP contribution in [0.1, 0.15) is 77.6 Å². The van der Waals surface area contributed by atoms with Crippen LogP contribution >= 0.6 is 0 Å². The Morgan fingerprint density at radius 3 is 1.93 bits per heavy atom. The zero-order valence-corrected chi connectivity index (χ0v) is 18.7. The van der Waals surface area contributed by atoms with E-state index in [1.807, 2.05) is 19.0 Å². The van der Waals surface area contributed by atoms with Gasteiger partial charge in [0.1, 0.15) is 0 Å². The van der Waals surface area contributed by atoms with Gasteiger partial charge in [-0.2, -0.15) is 14.0 Å². The fraction of sp³-hybridized carbons (Fsp3) is 0.947. The van der Waals surface area contributed by atoms with E-state index < -0.39 is 10.2 Å². The van der Waals surface area contributed by atoms with Crippen molar-refractivity contribution in [1.29, 1.82) is 0 Å². The number of hydrogen-bond donors (Lipinski definition) is 2. The first-order valence-electron chi connectivity index (χ1n) is 10.3. The van der Waals surface area contributed by atoms with E-state index in [-0.39, 0.29) is 19.1 Å². The zero-order valence-electron chi connectivity index (χ0n) is 17.9. The Labute approximate surface area is 173 Å². The van der Waals surface area contributed by atoms with Gasteiger partial charge in [0.15, 0.2) is 0 Å². The van der Waals surface area contributed by atoms with Crippen molar-refractivity contribution in [3.63, 3.8) is 0 Å². The largest absolute Gasteiger partial charge is 0.395 e. The van der Waals surface area contributed by atoms with Crippen molar-refractivity contribution in [1.82, 2.24) is 10.2 Å². The minimum atomic E-state index is -4.36. The molecule has 170 valence electrons. The minimum Gasteiger partial charge on any atom is -0.395 e. The smallest absolute Gasteiger partial charge is 0.219 e. The number of unbranched alkanes of at least 4 members (excludes halogenated alkanes) is 8. The van der Waals surface area contributed by atoms with E-state index in [2.05, 4.69) is 16.5 Å².